The molecule has 2 unspecified atom stereocenters. The molecule has 4 aromatic rings. The third-order valence-corrected chi connectivity index (χ3v) is 12.6. The van der Waals surface area contributed by atoms with Gasteiger partial charge in [-0.15, -0.1) is 0 Å². The van der Waals surface area contributed by atoms with Crippen LogP contribution in [0.1, 0.15) is 67.5 Å². The molecule has 0 spiro atoms. The molecule has 352 valence electrons. The van der Waals surface area contributed by atoms with Crippen LogP contribution < -0.4 is 53.1 Å². The van der Waals surface area contributed by atoms with Crippen molar-refractivity contribution in [2.24, 2.45) is 42.9 Å². The summed E-state index contributed by atoms with van der Waals surface area (Å²) in [5.41, 5.74) is 25.5. The lowest BCUT2D eigenvalue weighted by Crippen LogP contribution is -2.52. The first-order valence-electron chi connectivity index (χ1n) is 22.2. The van der Waals surface area contributed by atoms with Crippen LogP contribution in [0, 0.1) is 18.6 Å². The minimum absolute atomic E-state index is 0.000190. The molecule has 2 atom stereocenters. The smallest absolute Gasteiger partial charge is 0.341 e. The molecule has 2 aromatic carbocycles. The average Bonchev–Trinajstić information content (AvgIpc) is 3.29. The van der Waals surface area contributed by atoms with E-state index in [1.165, 1.54) is 12.3 Å². The van der Waals surface area contributed by atoms with E-state index >= 15 is 8.78 Å². The Bertz CT molecular complexity index is 2810. The van der Waals surface area contributed by atoms with Gasteiger partial charge in [-0.1, -0.05) is 12.8 Å². The number of carbonyl (C=O) groups is 1. The Hall–Kier alpha value is -7.13. The number of aromatic carboxylic acids is 1. The number of nitrogens with two attached hydrogens (primary N) is 4. The predicted molar refractivity (Wildman–Crippen MR) is 251 cm³/mol. The Morgan fingerprint density at radius 3 is 1.55 bits per heavy atom. The van der Waals surface area contributed by atoms with Crippen LogP contribution in [0.4, 0.5) is 20.2 Å². The molecule has 0 amide bonds. The Morgan fingerprint density at radius 2 is 1.11 bits per heavy atom. The van der Waals surface area contributed by atoms with Crippen molar-refractivity contribution in [2.45, 2.75) is 58.5 Å². The van der Waals surface area contributed by atoms with E-state index in [-0.39, 0.29) is 64.8 Å². The Balaban J connectivity index is 0.764. The molecule has 4 aliphatic rings. The molecule has 0 bridgehead atoms. The monoisotopic (exact) mass is 914 g/mol. The molecule has 2 saturated heterocycles. The first-order valence-corrected chi connectivity index (χ1v) is 22.2. The van der Waals surface area contributed by atoms with Crippen molar-refractivity contribution in [1.29, 1.82) is 0 Å². The highest BCUT2D eigenvalue weighted by molar-refractivity contribution is 5.98. The second kappa shape index (κ2) is 18.8. The standard InChI is InChI=1S/C44H56F2N14O6/c1-24-20-59-25(2)22-65-38-32(59)27(36(24)61)18-30(45)34(38)55-10-14-57(15-11-55)43(49)53-41(47)51-8-6-4-5-7-9-52-42(48)54-44(50)58-16-12-56(13-17-58)35-31(46)19-28-33-39(35)66-23-26(3)60(33)21-29(37(28)62)40(63)64/h18-21,25-26H,4-17,22-23H2,1-3H3,(H,63,64)(H4,47,49,51,53)(H4,48,50,52,54). The molecule has 8 rings (SSSR count). The van der Waals surface area contributed by atoms with Crippen LogP contribution in [0.15, 0.2) is 54.1 Å². The first-order chi connectivity index (χ1) is 31.6. The van der Waals surface area contributed by atoms with Gasteiger partial charge in [0, 0.05) is 83.4 Å². The van der Waals surface area contributed by atoms with Crippen molar-refractivity contribution in [1.82, 2.24) is 18.9 Å². The highest BCUT2D eigenvalue weighted by atomic mass is 19.1. The van der Waals surface area contributed by atoms with Crippen molar-refractivity contribution >= 4 is 63.0 Å². The van der Waals surface area contributed by atoms with Crippen LogP contribution >= 0.6 is 0 Å². The van der Waals surface area contributed by atoms with Crippen LogP contribution in [-0.4, -0.2) is 133 Å². The molecular formula is C44H56F2N14O6. The topological polar surface area (TPSA) is 266 Å². The predicted octanol–water partition coefficient (Wildman–Crippen LogP) is 2.27. The zero-order valence-electron chi connectivity index (χ0n) is 37.3. The number of aromatic nitrogens is 2. The maximum absolute atomic E-state index is 15.7. The number of hydrogen-bond acceptors (Lipinski definition) is 9. The summed E-state index contributed by atoms with van der Waals surface area (Å²) < 4.78 is 47.1. The number of guanidine groups is 4. The van der Waals surface area contributed by atoms with Crippen molar-refractivity contribution in [3.8, 4) is 11.5 Å². The fourth-order valence-electron chi connectivity index (χ4n) is 9.03. The van der Waals surface area contributed by atoms with E-state index < -0.39 is 28.6 Å². The van der Waals surface area contributed by atoms with Gasteiger partial charge in [-0.25, -0.2) is 13.6 Å². The summed E-state index contributed by atoms with van der Waals surface area (Å²) in [6, 6.07) is 2.15. The van der Waals surface area contributed by atoms with Gasteiger partial charge >= 0.3 is 5.97 Å². The number of aliphatic imine (C=N–C) groups is 4. The van der Waals surface area contributed by atoms with Gasteiger partial charge in [-0.2, -0.15) is 9.98 Å². The van der Waals surface area contributed by atoms with E-state index in [0.29, 0.717) is 105 Å². The average molecular weight is 915 g/mol. The minimum atomic E-state index is -1.37. The molecule has 0 radical (unpaired) electrons. The van der Waals surface area contributed by atoms with Gasteiger partial charge in [-0.3, -0.25) is 19.6 Å². The number of anilines is 2. The number of nitrogens with zero attached hydrogens (tertiary/aromatic N) is 10. The number of pyridine rings is 2. The van der Waals surface area contributed by atoms with Crippen molar-refractivity contribution in [2.75, 3.05) is 88.5 Å². The minimum Gasteiger partial charge on any atom is -0.487 e. The van der Waals surface area contributed by atoms with E-state index in [4.69, 9.17) is 32.4 Å². The van der Waals surface area contributed by atoms with Gasteiger partial charge in [0.25, 0.3) is 0 Å². The van der Waals surface area contributed by atoms with Crippen LogP contribution in [0.25, 0.3) is 21.8 Å². The third-order valence-electron chi connectivity index (χ3n) is 12.6. The first kappa shape index (κ1) is 45.4. The molecule has 0 aliphatic carbocycles. The highest BCUT2D eigenvalue weighted by Gasteiger charge is 2.33. The Labute approximate surface area is 378 Å². The number of halogens is 2. The fourth-order valence-corrected chi connectivity index (χ4v) is 9.03. The second-order valence-corrected chi connectivity index (χ2v) is 17.1. The summed E-state index contributed by atoms with van der Waals surface area (Å²) in [7, 11) is 0. The Morgan fingerprint density at radius 1 is 0.682 bits per heavy atom. The van der Waals surface area contributed by atoms with Crippen molar-refractivity contribution in [3.63, 3.8) is 0 Å². The number of ether oxygens (including phenoxy) is 2. The van der Waals surface area contributed by atoms with Crippen molar-refractivity contribution in [3.05, 3.63) is 67.7 Å². The van der Waals surface area contributed by atoms with Gasteiger partial charge in [0.1, 0.15) is 30.2 Å². The van der Waals surface area contributed by atoms with E-state index in [0.717, 1.165) is 31.7 Å². The van der Waals surface area contributed by atoms with Crippen molar-refractivity contribution < 1.29 is 28.2 Å². The molecule has 22 heteroatoms. The molecule has 2 fully saturated rings. The molecule has 9 N–H and O–H groups in total. The molecule has 20 nitrogen and oxygen atoms in total. The maximum atomic E-state index is 15.7. The number of carboxylic acid groups (broad SMARTS) is 1. The summed E-state index contributed by atoms with van der Waals surface area (Å²) >= 11 is 0. The lowest BCUT2D eigenvalue weighted by Gasteiger charge is -2.38. The lowest BCUT2D eigenvalue weighted by atomic mass is 10.1. The third kappa shape index (κ3) is 8.82. The molecule has 4 aliphatic heterocycles. The Kier molecular flexibility index (Phi) is 12.9. The lowest BCUT2D eigenvalue weighted by molar-refractivity contribution is 0.0694. The number of rotatable bonds is 10. The number of benzene rings is 2. The fraction of sp³-hybridized carbons (Fsp3) is 0.477. The number of unbranched alkanes of at least 4 members (excludes halogenated alkanes) is 3. The quantitative estimate of drug-likeness (QED) is 0.0869. The SMILES string of the molecule is Cc1cn2c3c(c(N4CCN(/C(N)=N/C(N)=NCCCCCCN=C(N)/N=C(\N)N5CCN(c6c(F)cc7c(=O)c(C(=O)O)cn8c7c6OCC8C)CC5)CC4)c(F)cc3c1=O)OCC2C. The largest absolute Gasteiger partial charge is 0.487 e. The summed E-state index contributed by atoms with van der Waals surface area (Å²) in [5, 5.41) is 9.84. The number of hydrogen-bond donors (Lipinski definition) is 5. The molecule has 6 heterocycles. The van der Waals surface area contributed by atoms with E-state index in [1.54, 1.807) is 11.5 Å². The van der Waals surface area contributed by atoms with E-state index in [9.17, 15) is 19.5 Å². The zero-order valence-corrected chi connectivity index (χ0v) is 37.3. The molecule has 2 aromatic heterocycles. The zero-order chi connectivity index (χ0) is 47.0. The van der Waals surface area contributed by atoms with Gasteiger partial charge in [0.15, 0.2) is 40.5 Å². The second-order valence-electron chi connectivity index (χ2n) is 17.1. The van der Waals surface area contributed by atoms with Gasteiger partial charge in [0.2, 0.25) is 17.3 Å². The molecule has 0 saturated carbocycles. The van der Waals surface area contributed by atoms with Crippen LogP contribution in [0.2, 0.25) is 0 Å². The van der Waals surface area contributed by atoms with E-state index in [1.807, 2.05) is 44.2 Å². The van der Waals surface area contributed by atoms with Gasteiger partial charge in [-0.05, 0) is 45.7 Å². The van der Waals surface area contributed by atoms with Crippen LogP contribution in [0.5, 0.6) is 11.5 Å². The normalized spacial score (nSPS) is 19.4. The summed E-state index contributed by atoms with van der Waals surface area (Å²) in [4.78, 5) is 62.3. The number of piperazine rings is 2. The molecular weight excluding hydrogens is 859 g/mol. The molecule has 66 heavy (non-hydrogen) atoms. The van der Waals surface area contributed by atoms with Gasteiger partial charge < -0.3 is 66.2 Å². The summed E-state index contributed by atoms with van der Waals surface area (Å²) in [5.74, 6) is -1.40. The van der Waals surface area contributed by atoms with Crippen LogP contribution in [-0.2, 0) is 0 Å². The number of carboxylic acids is 1. The highest BCUT2D eigenvalue weighted by Crippen LogP contribution is 2.43. The van der Waals surface area contributed by atoms with Crippen LogP contribution in [0.3, 0.4) is 0 Å². The summed E-state index contributed by atoms with van der Waals surface area (Å²) in [6.45, 7) is 10.4. The maximum Gasteiger partial charge on any atom is 0.341 e. The van der Waals surface area contributed by atoms with Gasteiger partial charge in [0.05, 0.1) is 33.9 Å². The summed E-state index contributed by atoms with van der Waals surface area (Å²) in [6.07, 6.45) is 6.41. The number of aryl methyl sites for hydroxylation is 1. The van der Waals surface area contributed by atoms with E-state index in [2.05, 4.69) is 20.0 Å².